The van der Waals surface area contributed by atoms with Crippen LogP contribution >= 0.6 is 0 Å². The highest BCUT2D eigenvalue weighted by Gasteiger charge is 2.08. The maximum absolute atomic E-state index is 9.06. The van der Waals surface area contributed by atoms with Crippen LogP contribution in [0.15, 0.2) is 42.6 Å². The van der Waals surface area contributed by atoms with Gasteiger partial charge >= 0.3 is 0 Å². The van der Waals surface area contributed by atoms with E-state index < -0.39 is 0 Å². The predicted molar refractivity (Wildman–Crippen MR) is 83.9 cm³/mol. The van der Waals surface area contributed by atoms with E-state index in [2.05, 4.69) is 28.5 Å². The molecule has 0 spiro atoms. The average Bonchev–Trinajstić information content (AvgIpc) is 2.80. The second kappa shape index (κ2) is 5.29. The van der Waals surface area contributed by atoms with Crippen molar-refractivity contribution in [2.45, 2.75) is 13.5 Å². The van der Waals surface area contributed by atoms with Crippen LogP contribution in [-0.4, -0.2) is 9.55 Å². The van der Waals surface area contributed by atoms with E-state index >= 15 is 0 Å². The van der Waals surface area contributed by atoms with E-state index in [1.54, 1.807) is 6.20 Å². The molecule has 1 N–H and O–H groups in total. The summed E-state index contributed by atoms with van der Waals surface area (Å²) in [6.45, 7) is 2.73. The number of anilines is 1. The first-order valence-electron chi connectivity index (χ1n) is 6.83. The quantitative estimate of drug-likeness (QED) is 0.798. The topological polar surface area (TPSA) is 53.6 Å². The highest BCUT2D eigenvalue weighted by molar-refractivity contribution is 5.82. The van der Waals surface area contributed by atoms with Crippen LogP contribution in [0.3, 0.4) is 0 Å². The summed E-state index contributed by atoms with van der Waals surface area (Å²) in [5.74, 6) is 0. The number of rotatable bonds is 3. The molecule has 4 heteroatoms. The fraction of sp³-hybridized carbons (Fsp3) is 0.176. The number of nitrogens with one attached hydrogen (secondary N) is 1. The molecule has 0 bridgehead atoms. The van der Waals surface area contributed by atoms with E-state index in [4.69, 9.17) is 5.26 Å². The van der Waals surface area contributed by atoms with Crippen LogP contribution in [-0.2, 0) is 13.6 Å². The van der Waals surface area contributed by atoms with Crippen LogP contribution in [0.1, 0.15) is 17.0 Å². The molecule has 21 heavy (non-hydrogen) atoms. The molecule has 0 saturated heterocycles. The molecule has 0 amide bonds. The van der Waals surface area contributed by atoms with E-state index in [-0.39, 0.29) is 0 Å². The Kier molecular flexibility index (Phi) is 3.33. The SMILES string of the molecule is Cc1c(CNc2ccc3ncccc3c2)cc(C#N)n1C. The molecule has 0 atom stereocenters. The number of hydrogen-bond donors (Lipinski definition) is 1. The zero-order chi connectivity index (χ0) is 14.8. The van der Waals surface area contributed by atoms with Crippen molar-refractivity contribution in [1.29, 1.82) is 5.26 Å². The van der Waals surface area contributed by atoms with Crippen LogP contribution in [0, 0.1) is 18.3 Å². The van der Waals surface area contributed by atoms with Gasteiger partial charge in [0.05, 0.1) is 5.52 Å². The van der Waals surface area contributed by atoms with E-state index in [1.165, 1.54) is 0 Å². The van der Waals surface area contributed by atoms with Gasteiger partial charge in [-0.3, -0.25) is 4.98 Å². The van der Waals surface area contributed by atoms with Crippen LogP contribution in [0.2, 0.25) is 0 Å². The highest BCUT2D eigenvalue weighted by Crippen LogP contribution is 2.19. The number of nitriles is 1. The van der Waals surface area contributed by atoms with E-state index in [1.807, 2.05) is 42.8 Å². The molecule has 0 fully saturated rings. The molecule has 0 saturated carbocycles. The lowest BCUT2D eigenvalue weighted by Gasteiger charge is -2.08. The molecular formula is C17H16N4. The van der Waals surface area contributed by atoms with Crippen molar-refractivity contribution < 1.29 is 0 Å². The molecule has 0 aliphatic heterocycles. The lowest BCUT2D eigenvalue weighted by molar-refractivity contribution is 0.856. The molecule has 2 heterocycles. The van der Waals surface area contributed by atoms with Crippen molar-refractivity contribution in [3.63, 3.8) is 0 Å². The maximum atomic E-state index is 9.06. The minimum absolute atomic E-state index is 0.687. The molecule has 1 aromatic carbocycles. The molecule has 0 radical (unpaired) electrons. The highest BCUT2D eigenvalue weighted by atomic mass is 15.0. The third-order valence-electron chi connectivity index (χ3n) is 3.84. The standard InChI is InChI=1S/C17H16N4/c1-12-14(9-16(10-18)21(12)2)11-20-15-5-6-17-13(8-15)4-3-7-19-17/h3-9,20H,11H2,1-2H3. The fourth-order valence-electron chi connectivity index (χ4n) is 2.43. The van der Waals surface area contributed by atoms with Gasteiger partial charge in [-0.25, -0.2) is 0 Å². The smallest absolute Gasteiger partial charge is 0.120 e. The molecular weight excluding hydrogens is 260 g/mol. The number of nitrogens with zero attached hydrogens (tertiary/aromatic N) is 3. The molecule has 0 unspecified atom stereocenters. The van der Waals surface area contributed by atoms with Gasteiger partial charge in [0.1, 0.15) is 11.8 Å². The Labute approximate surface area is 123 Å². The summed E-state index contributed by atoms with van der Waals surface area (Å²) in [6.07, 6.45) is 1.80. The minimum atomic E-state index is 0.687. The van der Waals surface area contributed by atoms with Gasteiger partial charge in [-0.2, -0.15) is 5.26 Å². The van der Waals surface area contributed by atoms with Crippen molar-refractivity contribution in [2.24, 2.45) is 7.05 Å². The van der Waals surface area contributed by atoms with Crippen molar-refractivity contribution in [3.05, 3.63) is 59.5 Å². The summed E-state index contributed by atoms with van der Waals surface area (Å²) < 4.78 is 1.92. The summed E-state index contributed by atoms with van der Waals surface area (Å²) in [4.78, 5) is 4.31. The van der Waals surface area contributed by atoms with E-state index in [0.29, 0.717) is 12.2 Å². The van der Waals surface area contributed by atoms with Gasteiger partial charge in [-0.15, -0.1) is 0 Å². The zero-order valence-corrected chi connectivity index (χ0v) is 12.1. The Morgan fingerprint density at radius 2 is 2.14 bits per heavy atom. The first kappa shape index (κ1) is 13.2. The van der Waals surface area contributed by atoms with Gasteiger partial charge in [0.2, 0.25) is 0 Å². The first-order chi connectivity index (χ1) is 10.2. The largest absolute Gasteiger partial charge is 0.381 e. The van der Waals surface area contributed by atoms with E-state index in [9.17, 15) is 0 Å². The summed E-state index contributed by atoms with van der Waals surface area (Å²) in [5, 5.41) is 13.6. The van der Waals surface area contributed by atoms with Gasteiger partial charge in [-0.05, 0) is 42.8 Å². The average molecular weight is 276 g/mol. The van der Waals surface area contributed by atoms with Crippen molar-refractivity contribution in [2.75, 3.05) is 5.32 Å². The first-order valence-corrected chi connectivity index (χ1v) is 6.83. The Bertz CT molecular complexity index is 840. The molecule has 0 aliphatic carbocycles. The normalized spacial score (nSPS) is 10.5. The molecule has 3 aromatic rings. The van der Waals surface area contributed by atoms with E-state index in [0.717, 1.165) is 27.8 Å². The third kappa shape index (κ3) is 2.46. The lowest BCUT2D eigenvalue weighted by atomic mass is 10.2. The number of benzene rings is 1. The molecule has 4 nitrogen and oxygen atoms in total. The van der Waals surface area contributed by atoms with Crippen LogP contribution in [0.4, 0.5) is 5.69 Å². The summed E-state index contributed by atoms with van der Waals surface area (Å²) in [5.41, 5.74) is 4.98. The van der Waals surface area contributed by atoms with Crippen molar-refractivity contribution in [3.8, 4) is 6.07 Å². The molecule has 3 rings (SSSR count). The van der Waals surface area contributed by atoms with Gasteiger partial charge in [-0.1, -0.05) is 6.07 Å². The monoisotopic (exact) mass is 276 g/mol. The van der Waals surface area contributed by atoms with Crippen molar-refractivity contribution in [1.82, 2.24) is 9.55 Å². The van der Waals surface area contributed by atoms with Crippen LogP contribution in [0.25, 0.3) is 10.9 Å². The van der Waals surface area contributed by atoms with Gasteiger partial charge in [0, 0.05) is 36.6 Å². The Morgan fingerprint density at radius 1 is 1.29 bits per heavy atom. The zero-order valence-electron chi connectivity index (χ0n) is 12.1. The molecule has 0 aliphatic rings. The van der Waals surface area contributed by atoms with Crippen LogP contribution in [0.5, 0.6) is 0 Å². The number of aromatic nitrogens is 2. The van der Waals surface area contributed by atoms with Gasteiger partial charge in [0.15, 0.2) is 0 Å². The Morgan fingerprint density at radius 3 is 2.90 bits per heavy atom. The fourth-order valence-corrected chi connectivity index (χ4v) is 2.43. The molecule has 2 aromatic heterocycles. The molecule has 104 valence electrons. The Balaban J connectivity index is 1.82. The summed E-state index contributed by atoms with van der Waals surface area (Å²) >= 11 is 0. The summed E-state index contributed by atoms with van der Waals surface area (Å²) in [7, 11) is 1.92. The second-order valence-electron chi connectivity index (χ2n) is 5.08. The van der Waals surface area contributed by atoms with Gasteiger partial charge in [0.25, 0.3) is 0 Å². The number of pyridine rings is 1. The lowest BCUT2D eigenvalue weighted by Crippen LogP contribution is -2.01. The minimum Gasteiger partial charge on any atom is -0.381 e. The Hall–Kier alpha value is -2.80. The third-order valence-corrected chi connectivity index (χ3v) is 3.84. The number of fused-ring (bicyclic) bond motifs is 1. The predicted octanol–water partition coefficient (Wildman–Crippen LogP) is 3.37. The van der Waals surface area contributed by atoms with Crippen LogP contribution < -0.4 is 5.32 Å². The summed E-state index contributed by atoms with van der Waals surface area (Å²) in [6, 6.07) is 14.3. The van der Waals surface area contributed by atoms with Crippen molar-refractivity contribution >= 4 is 16.6 Å². The number of hydrogen-bond acceptors (Lipinski definition) is 3. The van der Waals surface area contributed by atoms with Gasteiger partial charge < -0.3 is 9.88 Å². The maximum Gasteiger partial charge on any atom is 0.120 e. The second-order valence-corrected chi connectivity index (χ2v) is 5.08.